The molecule has 170 valence electrons. The predicted molar refractivity (Wildman–Crippen MR) is 114 cm³/mol. The summed E-state index contributed by atoms with van der Waals surface area (Å²) in [7, 11) is 1.25. The standard InChI is InChI=1S/C23H17F3N2O5/c1-32-22(31)15-7-4-14(5-8-15)6-11-20(29)28-18-10-9-16(13-17(18)23(24,25)26)27-21(30)19-3-2-12-33-19/h2-13H,1H3,(H,27,30)(H,28,29)/b11-6+. The van der Waals surface area contributed by atoms with Gasteiger partial charge in [0, 0.05) is 11.8 Å². The molecular formula is C23H17F3N2O5. The van der Waals surface area contributed by atoms with E-state index in [1.165, 1.54) is 49.8 Å². The summed E-state index contributed by atoms with van der Waals surface area (Å²) in [6.45, 7) is 0. The number of amides is 2. The van der Waals surface area contributed by atoms with Crippen LogP contribution in [-0.2, 0) is 15.7 Å². The van der Waals surface area contributed by atoms with Gasteiger partial charge in [0.1, 0.15) is 0 Å². The molecular weight excluding hydrogens is 441 g/mol. The first kappa shape index (κ1) is 23.3. The quantitative estimate of drug-likeness (QED) is 0.401. The van der Waals surface area contributed by atoms with Crippen molar-refractivity contribution in [2.24, 2.45) is 0 Å². The number of halogens is 3. The lowest BCUT2D eigenvalue weighted by Crippen LogP contribution is -2.16. The Labute approximate surface area is 185 Å². The molecule has 2 N–H and O–H groups in total. The summed E-state index contributed by atoms with van der Waals surface area (Å²) < 4.78 is 50.1. The number of carbonyl (C=O) groups is 3. The second kappa shape index (κ2) is 9.86. The molecule has 0 aliphatic carbocycles. The Hall–Kier alpha value is -4.34. The highest BCUT2D eigenvalue weighted by Crippen LogP contribution is 2.36. The Morgan fingerprint density at radius 2 is 1.73 bits per heavy atom. The Balaban J connectivity index is 1.73. The fourth-order valence-electron chi connectivity index (χ4n) is 2.76. The topological polar surface area (TPSA) is 97.6 Å². The highest BCUT2D eigenvalue weighted by molar-refractivity contribution is 6.04. The average molecular weight is 458 g/mol. The molecule has 3 rings (SSSR count). The third kappa shape index (κ3) is 6.10. The Bertz CT molecular complexity index is 1180. The molecule has 1 aromatic heterocycles. The van der Waals surface area contributed by atoms with Crippen LogP contribution in [0.5, 0.6) is 0 Å². The third-order valence-corrected chi connectivity index (χ3v) is 4.34. The van der Waals surface area contributed by atoms with Crippen molar-refractivity contribution in [3.8, 4) is 0 Å². The SMILES string of the molecule is COC(=O)c1ccc(/C=C/C(=O)Nc2ccc(NC(=O)c3ccco3)cc2C(F)(F)F)cc1. The van der Waals surface area contributed by atoms with E-state index >= 15 is 0 Å². The van der Waals surface area contributed by atoms with E-state index < -0.39 is 35.2 Å². The van der Waals surface area contributed by atoms with E-state index in [4.69, 9.17) is 4.42 Å². The third-order valence-electron chi connectivity index (χ3n) is 4.34. The fraction of sp³-hybridized carbons (Fsp3) is 0.0870. The van der Waals surface area contributed by atoms with Crippen LogP contribution in [0.2, 0.25) is 0 Å². The van der Waals surface area contributed by atoms with Gasteiger partial charge in [0.05, 0.1) is 30.2 Å². The van der Waals surface area contributed by atoms with Gasteiger partial charge in [0.25, 0.3) is 5.91 Å². The number of rotatable bonds is 6. The minimum Gasteiger partial charge on any atom is -0.465 e. The smallest absolute Gasteiger partial charge is 0.418 e. The number of ether oxygens (including phenoxy) is 1. The van der Waals surface area contributed by atoms with Gasteiger partial charge in [-0.1, -0.05) is 12.1 Å². The zero-order chi connectivity index (χ0) is 24.0. The summed E-state index contributed by atoms with van der Waals surface area (Å²) in [5.74, 6) is -2.10. The lowest BCUT2D eigenvalue weighted by Gasteiger charge is -2.15. The summed E-state index contributed by atoms with van der Waals surface area (Å²) >= 11 is 0. The maximum atomic E-state index is 13.5. The van der Waals surface area contributed by atoms with Crippen LogP contribution in [0.1, 0.15) is 32.0 Å². The van der Waals surface area contributed by atoms with E-state index in [9.17, 15) is 27.6 Å². The molecule has 0 spiro atoms. The number of alkyl halides is 3. The van der Waals surface area contributed by atoms with E-state index in [-0.39, 0.29) is 11.4 Å². The van der Waals surface area contributed by atoms with Crippen LogP contribution in [-0.4, -0.2) is 24.9 Å². The summed E-state index contributed by atoms with van der Waals surface area (Å²) in [4.78, 5) is 35.6. The minimum absolute atomic E-state index is 0.0642. The van der Waals surface area contributed by atoms with Crippen LogP contribution in [0.4, 0.5) is 24.5 Å². The van der Waals surface area contributed by atoms with E-state index in [2.05, 4.69) is 15.4 Å². The number of hydrogen-bond donors (Lipinski definition) is 2. The number of benzene rings is 2. The largest absolute Gasteiger partial charge is 0.465 e. The van der Waals surface area contributed by atoms with Gasteiger partial charge in [-0.2, -0.15) is 13.2 Å². The Morgan fingerprint density at radius 3 is 2.33 bits per heavy atom. The normalized spacial score (nSPS) is 11.3. The van der Waals surface area contributed by atoms with Crippen LogP contribution in [0.3, 0.4) is 0 Å². The van der Waals surface area contributed by atoms with Crippen LogP contribution in [0, 0.1) is 0 Å². The number of esters is 1. The van der Waals surface area contributed by atoms with Crippen molar-refractivity contribution in [1.82, 2.24) is 0 Å². The van der Waals surface area contributed by atoms with Gasteiger partial charge in [-0.25, -0.2) is 4.79 Å². The molecule has 0 saturated carbocycles. The molecule has 10 heteroatoms. The molecule has 3 aromatic rings. The maximum Gasteiger partial charge on any atom is 0.418 e. The molecule has 0 unspecified atom stereocenters. The molecule has 0 saturated heterocycles. The lowest BCUT2D eigenvalue weighted by atomic mass is 10.1. The van der Waals surface area contributed by atoms with E-state index in [0.29, 0.717) is 17.2 Å². The monoisotopic (exact) mass is 458 g/mol. The summed E-state index contributed by atoms with van der Waals surface area (Å²) in [5, 5.41) is 4.49. The minimum atomic E-state index is -4.79. The van der Waals surface area contributed by atoms with Crippen molar-refractivity contribution >= 4 is 35.2 Å². The van der Waals surface area contributed by atoms with Crippen LogP contribution < -0.4 is 10.6 Å². The number of carbonyl (C=O) groups excluding carboxylic acids is 3. The molecule has 0 atom stereocenters. The second-order valence-electron chi connectivity index (χ2n) is 6.63. The van der Waals surface area contributed by atoms with Crippen LogP contribution in [0.25, 0.3) is 6.08 Å². The van der Waals surface area contributed by atoms with Crippen molar-refractivity contribution < 1.29 is 36.7 Å². The molecule has 33 heavy (non-hydrogen) atoms. The number of methoxy groups -OCH3 is 1. The van der Waals surface area contributed by atoms with Gasteiger partial charge in [-0.3, -0.25) is 9.59 Å². The number of nitrogens with one attached hydrogen (secondary N) is 2. The van der Waals surface area contributed by atoms with Crippen molar-refractivity contribution in [1.29, 1.82) is 0 Å². The van der Waals surface area contributed by atoms with Gasteiger partial charge >= 0.3 is 12.1 Å². The predicted octanol–water partition coefficient (Wildman–Crippen LogP) is 4.99. The average Bonchev–Trinajstić information content (AvgIpc) is 3.33. The van der Waals surface area contributed by atoms with E-state index in [0.717, 1.165) is 12.1 Å². The summed E-state index contributed by atoms with van der Waals surface area (Å²) in [6.07, 6.45) is -1.10. The van der Waals surface area contributed by atoms with Crippen molar-refractivity contribution in [3.05, 3.63) is 89.4 Å². The van der Waals surface area contributed by atoms with Gasteiger partial charge in [-0.05, 0) is 54.1 Å². The zero-order valence-corrected chi connectivity index (χ0v) is 17.1. The van der Waals surface area contributed by atoms with Crippen molar-refractivity contribution in [3.63, 3.8) is 0 Å². The first-order valence-corrected chi connectivity index (χ1v) is 9.41. The van der Waals surface area contributed by atoms with Crippen LogP contribution in [0.15, 0.2) is 71.4 Å². The number of furan rings is 1. The Kier molecular flexibility index (Phi) is 6.97. The summed E-state index contributed by atoms with van der Waals surface area (Å²) in [5.41, 5.74) is -0.876. The maximum absolute atomic E-state index is 13.5. The fourth-order valence-corrected chi connectivity index (χ4v) is 2.76. The highest BCUT2D eigenvalue weighted by atomic mass is 19.4. The van der Waals surface area contributed by atoms with E-state index in [1.807, 2.05) is 0 Å². The second-order valence-corrected chi connectivity index (χ2v) is 6.63. The van der Waals surface area contributed by atoms with Crippen molar-refractivity contribution in [2.45, 2.75) is 6.18 Å². The van der Waals surface area contributed by atoms with E-state index in [1.54, 1.807) is 12.1 Å². The molecule has 2 amide bonds. The molecule has 0 fully saturated rings. The Morgan fingerprint density at radius 1 is 1.00 bits per heavy atom. The first-order valence-electron chi connectivity index (χ1n) is 9.41. The molecule has 7 nitrogen and oxygen atoms in total. The zero-order valence-electron chi connectivity index (χ0n) is 17.1. The van der Waals surface area contributed by atoms with Crippen LogP contribution >= 0.6 is 0 Å². The molecule has 1 heterocycles. The first-order chi connectivity index (χ1) is 15.7. The highest BCUT2D eigenvalue weighted by Gasteiger charge is 2.34. The summed E-state index contributed by atoms with van der Waals surface area (Å²) in [6, 6.07) is 11.9. The molecule has 0 bridgehead atoms. The van der Waals surface area contributed by atoms with Gasteiger partial charge in [-0.15, -0.1) is 0 Å². The van der Waals surface area contributed by atoms with Gasteiger partial charge in [0.2, 0.25) is 5.91 Å². The molecule has 0 aliphatic rings. The molecule has 0 aliphatic heterocycles. The number of anilines is 2. The van der Waals surface area contributed by atoms with Crippen molar-refractivity contribution in [2.75, 3.05) is 17.7 Å². The van der Waals surface area contributed by atoms with Gasteiger partial charge < -0.3 is 19.8 Å². The lowest BCUT2D eigenvalue weighted by molar-refractivity contribution is -0.136. The molecule has 0 radical (unpaired) electrons. The molecule has 2 aromatic carbocycles. The number of hydrogen-bond acceptors (Lipinski definition) is 5. The van der Waals surface area contributed by atoms with Gasteiger partial charge in [0.15, 0.2) is 5.76 Å².